The SMILES string of the molecule is CC(NC(=O)CN)c1nc(C=O)c(O)n1CC(=O)N[C@@H](CC(=O)O)C(=O)O. The predicted octanol–water partition coefficient (Wildman–Crippen LogP) is -2.42. The van der Waals surface area contributed by atoms with E-state index in [1.54, 1.807) is 0 Å². The van der Waals surface area contributed by atoms with Crippen LogP contribution in [0, 0.1) is 0 Å². The van der Waals surface area contributed by atoms with Gasteiger partial charge in [-0.1, -0.05) is 0 Å². The van der Waals surface area contributed by atoms with Gasteiger partial charge in [-0.3, -0.25) is 23.7 Å². The van der Waals surface area contributed by atoms with Gasteiger partial charge in [0.05, 0.1) is 19.0 Å². The maximum atomic E-state index is 12.1. The Morgan fingerprint density at radius 1 is 1.22 bits per heavy atom. The van der Waals surface area contributed by atoms with Crippen molar-refractivity contribution < 1.29 is 39.3 Å². The van der Waals surface area contributed by atoms with Gasteiger partial charge < -0.3 is 31.7 Å². The van der Waals surface area contributed by atoms with E-state index in [0.717, 1.165) is 4.57 Å². The van der Waals surface area contributed by atoms with E-state index in [0.29, 0.717) is 0 Å². The second-order valence-electron chi connectivity index (χ2n) is 5.43. The fourth-order valence-electron chi connectivity index (χ4n) is 2.17. The van der Waals surface area contributed by atoms with Crippen molar-refractivity contribution in [3.05, 3.63) is 11.5 Å². The van der Waals surface area contributed by atoms with E-state index >= 15 is 0 Å². The molecule has 0 aliphatic carbocycles. The van der Waals surface area contributed by atoms with Crippen LogP contribution in [0.5, 0.6) is 5.88 Å². The molecule has 1 aromatic heterocycles. The van der Waals surface area contributed by atoms with Crippen molar-refractivity contribution in [1.82, 2.24) is 20.2 Å². The number of hydrogen-bond acceptors (Lipinski definition) is 8. The van der Waals surface area contributed by atoms with E-state index in [9.17, 15) is 29.1 Å². The molecule has 0 aliphatic rings. The zero-order valence-corrected chi connectivity index (χ0v) is 14.2. The van der Waals surface area contributed by atoms with Crippen LogP contribution in [0.3, 0.4) is 0 Å². The summed E-state index contributed by atoms with van der Waals surface area (Å²) in [5.41, 5.74) is 4.79. The van der Waals surface area contributed by atoms with Gasteiger partial charge in [-0.15, -0.1) is 0 Å². The van der Waals surface area contributed by atoms with Gasteiger partial charge in [0.15, 0.2) is 12.0 Å². The molecule has 1 heterocycles. The average molecular weight is 385 g/mol. The van der Waals surface area contributed by atoms with E-state index in [4.69, 9.17) is 15.9 Å². The monoisotopic (exact) mass is 385 g/mol. The smallest absolute Gasteiger partial charge is 0.326 e. The van der Waals surface area contributed by atoms with Gasteiger partial charge in [-0.25, -0.2) is 9.78 Å². The predicted molar refractivity (Wildman–Crippen MR) is 86.7 cm³/mol. The third-order valence-corrected chi connectivity index (χ3v) is 3.37. The minimum Gasteiger partial charge on any atom is -0.493 e. The number of carboxylic acid groups (broad SMARTS) is 2. The van der Waals surface area contributed by atoms with Crippen LogP contribution in [0.2, 0.25) is 0 Å². The highest BCUT2D eigenvalue weighted by Crippen LogP contribution is 2.22. The fraction of sp³-hybridized carbons (Fsp3) is 0.429. The maximum absolute atomic E-state index is 12.1. The number of imidazole rings is 1. The van der Waals surface area contributed by atoms with Gasteiger partial charge in [-0.2, -0.15) is 0 Å². The van der Waals surface area contributed by atoms with Crippen LogP contribution in [0.15, 0.2) is 0 Å². The van der Waals surface area contributed by atoms with Crippen molar-refractivity contribution in [2.24, 2.45) is 5.73 Å². The Kier molecular flexibility index (Phi) is 7.41. The molecular formula is C14H19N5O8. The van der Waals surface area contributed by atoms with E-state index in [1.807, 2.05) is 5.32 Å². The number of amides is 2. The molecule has 13 nitrogen and oxygen atoms in total. The molecule has 1 unspecified atom stereocenters. The molecule has 0 fully saturated rings. The molecule has 7 N–H and O–H groups in total. The lowest BCUT2D eigenvalue weighted by Gasteiger charge is -2.17. The molecule has 0 spiro atoms. The quantitative estimate of drug-likeness (QED) is 0.234. The molecule has 0 aromatic carbocycles. The fourth-order valence-corrected chi connectivity index (χ4v) is 2.17. The normalized spacial score (nSPS) is 12.7. The second kappa shape index (κ2) is 9.28. The van der Waals surface area contributed by atoms with E-state index in [1.165, 1.54) is 6.92 Å². The van der Waals surface area contributed by atoms with Crippen molar-refractivity contribution in [1.29, 1.82) is 0 Å². The minimum atomic E-state index is -1.69. The number of nitrogens with one attached hydrogen (secondary N) is 2. The molecule has 1 rings (SSSR count). The highest BCUT2D eigenvalue weighted by Gasteiger charge is 2.26. The third-order valence-electron chi connectivity index (χ3n) is 3.37. The Morgan fingerprint density at radius 2 is 1.85 bits per heavy atom. The lowest BCUT2D eigenvalue weighted by atomic mass is 10.2. The molecule has 0 aliphatic heterocycles. The van der Waals surface area contributed by atoms with Crippen LogP contribution >= 0.6 is 0 Å². The summed E-state index contributed by atoms with van der Waals surface area (Å²) in [5, 5.41) is 32.1. The largest absolute Gasteiger partial charge is 0.493 e. The number of aliphatic carboxylic acids is 2. The average Bonchev–Trinajstić information content (AvgIpc) is 2.89. The number of rotatable bonds is 10. The Hall–Kier alpha value is -3.48. The number of hydrogen-bond donors (Lipinski definition) is 6. The van der Waals surface area contributed by atoms with E-state index < -0.39 is 60.4 Å². The lowest BCUT2D eigenvalue weighted by Crippen LogP contribution is -2.43. The zero-order valence-electron chi connectivity index (χ0n) is 14.2. The number of carboxylic acids is 2. The standard InChI is InChI=1S/C14H19N5O8/c1-6(16-9(21)3-15)12-18-8(5-20)13(25)19(12)4-10(22)17-7(14(26)27)2-11(23)24/h5-7,25H,2-4,15H2,1H3,(H,16,21)(H,17,22)(H,23,24)(H,26,27)/t6?,7-/m0/s1. The Bertz CT molecular complexity index is 759. The molecule has 1 aromatic rings. The number of carbonyl (C=O) groups is 5. The molecule has 27 heavy (non-hydrogen) atoms. The lowest BCUT2D eigenvalue weighted by molar-refractivity contribution is -0.147. The highest BCUT2D eigenvalue weighted by atomic mass is 16.4. The maximum Gasteiger partial charge on any atom is 0.326 e. The second-order valence-corrected chi connectivity index (χ2v) is 5.43. The number of nitrogens with two attached hydrogens (primary N) is 1. The molecule has 0 bridgehead atoms. The summed E-state index contributed by atoms with van der Waals surface area (Å²) in [6.45, 7) is 0.463. The number of aromatic nitrogens is 2. The van der Waals surface area contributed by atoms with Gasteiger partial charge in [0.25, 0.3) is 0 Å². The van der Waals surface area contributed by atoms with Gasteiger partial charge in [0.1, 0.15) is 18.4 Å². The summed E-state index contributed by atoms with van der Waals surface area (Å²) in [7, 11) is 0. The van der Waals surface area contributed by atoms with Gasteiger partial charge in [-0.05, 0) is 6.92 Å². The summed E-state index contributed by atoms with van der Waals surface area (Å²) in [6.07, 6.45) is -0.623. The van der Waals surface area contributed by atoms with Crippen LogP contribution < -0.4 is 16.4 Å². The summed E-state index contributed by atoms with van der Waals surface area (Å²) < 4.78 is 0.889. The first-order valence-corrected chi connectivity index (χ1v) is 7.58. The summed E-state index contributed by atoms with van der Waals surface area (Å²) in [6, 6.07) is -2.54. The molecule has 2 atom stereocenters. The first-order chi connectivity index (χ1) is 12.6. The van der Waals surface area contributed by atoms with Crippen LogP contribution in [0.25, 0.3) is 0 Å². The topological polar surface area (TPSA) is 214 Å². The first-order valence-electron chi connectivity index (χ1n) is 7.58. The molecular weight excluding hydrogens is 366 g/mol. The van der Waals surface area contributed by atoms with E-state index in [-0.39, 0.29) is 18.7 Å². The summed E-state index contributed by atoms with van der Waals surface area (Å²) in [4.78, 5) is 60.0. The Balaban J connectivity index is 3.06. The van der Waals surface area contributed by atoms with Crippen molar-refractivity contribution in [2.75, 3.05) is 6.54 Å². The molecule has 0 saturated heterocycles. The number of nitrogens with zero attached hydrogens (tertiary/aromatic N) is 2. The van der Waals surface area contributed by atoms with Crippen molar-refractivity contribution in [3.8, 4) is 5.88 Å². The molecule has 2 amide bonds. The molecule has 0 radical (unpaired) electrons. The minimum absolute atomic E-state index is 0.0586. The molecule has 13 heteroatoms. The van der Waals surface area contributed by atoms with Crippen molar-refractivity contribution in [2.45, 2.75) is 32.0 Å². The van der Waals surface area contributed by atoms with Crippen LogP contribution in [0.4, 0.5) is 0 Å². The first kappa shape index (κ1) is 21.6. The molecule has 148 valence electrons. The van der Waals surface area contributed by atoms with Gasteiger partial charge >= 0.3 is 11.9 Å². The number of aldehydes is 1. The van der Waals surface area contributed by atoms with E-state index in [2.05, 4.69) is 10.3 Å². The van der Waals surface area contributed by atoms with Crippen LogP contribution in [-0.4, -0.2) is 67.5 Å². The third kappa shape index (κ3) is 5.78. The highest BCUT2D eigenvalue weighted by molar-refractivity contribution is 5.87. The van der Waals surface area contributed by atoms with Crippen molar-refractivity contribution in [3.63, 3.8) is 0 Å². The summed E-state index contributed by atoms with van der Waals surface area (Å²) >= 11 is 0. The Labute approximate surface area is 152 Å². The van der Waals surface area contributed by atoms with Gasteiger partial charge in [0, 0.05) is 0 Å². The number of aromatic hydroxyl groups is 1. The van der Waals surface area contributed by atoms with Gasteiger partial charge in [0.2, 0.25) is 17.7 Å². The van der Waals surface area contributed by atoms with Crippen molar-refractivity contribution >= 4 is 30.0 Å². The summed E-state index contributed by atoms with van der Waals surface area (Å²) in [5.74, 6) is -5.23. The molecule has 0 saturated carbocycles. The van der Waals surface area contributed by atoms with Crippen LogP contribution in [-0.2, 0) is 25.7 Å². The number of carbonyl (C=O) groups excluding carboxylic acids is 3. The zero-order chi connectivity index (χ0) is 20.7. The Morgan fingerprint density at radius 3 is 2.33 bits per heavy atom. The van der Waals surface area contributed by atoms with Crippen LogP contribution in [0.1, 0.15) is 35.7 Å².